The maximum absolute atomic E-state index is 12.6. The zero-order chi connectivity index (χ0) is 23.2. The first-order valence-electron chi connectivity index (χ1n) is 10.2. The van der Waals surface area contributed by atoms with Gasteiger partial charge in [-0.1, -0.05) is 11.6 Å². The summed E-state index contributed by atoms with van der Waals surface area (Å²) in [6.45, 7) is 6.34. The van der Waals surface area contributed by atoms with E-state index in [4.69, 9.17) is 16.3 Å². The molecule has 1 atom stereocenters. The van der Waals surface area contributed by atoms with E-state index in [0.29, 0.717) is 19.5 Å². The molecule has 2 rings (SSSR count). The number of rotatable bonds is 8. The van der Waals surface area contributed by atoms with Gasteiger partial charge in [0.05, 0.1) is 25.6 Å². The first kappa shape index (κ1) is 25.4. The predicted octanol–water partition coefficient (Wildman–Crippen LogP) is 2.46. The number of halogens is 1. The Morgan fingerprint density at radius 3 is 2.71 bits per heavy atom. The second-order valence-electron chi connectivity index (χ2n) is 8.45. The summed E-state index contributed by atoms with van der Waals surface area (Å²) in [6, 6.07) is 0.00814. The van der Waals surface area contributed by atoms with E-state index in [-0.39, 0.29) is 36.3 Å². The molecule has 0 radical (unpaired) electrons. The lowest BCUT2D eigenvalue weighted by molar-refractivity contribution is 0.00929. The molecular formula is C19H31ClN4O6S. The zero-order valence-corrected chi connectivity index (χ0v) is 20.0. The number of piperidine rings is 1. The third kappa shape index (κ3) is 8.30. The first-order chi connectivity index (χ1) is 14.4. The van der Waals surface area contributed by atoms with E-state index in [0.717, 1.165) is 25.5 Å². The van der Waals surface area contributed by atoms with Crippen molar-refractivity contribution in [2.24, 2.45) is 0 Å². The molecular weight excluding hydrogens is 448 g/mol. The van der Waals surface area contributed by atoms with Crippen LogP contribution < -0.4 is 10.9 Å². The molecule has 12 heteroatoms. The molecule has 0 spiro atoms. The van der Waals surface area contributed by atoms with Crippen molar-refractivity contribution < 1.29 is 22.1 Å². The molecule has 1 N–H and O–H groups in total. The molecule has 1 unspecified atom stereocenters. The largest absolute Gasteiger partial charge is 0.444 e. The lowest BCUT2D eigenvalue weighted by Gasteiger charge is -2.36. The molecule has 176 valence electrons. The van der Waals surface area contributed by atoms with Gasteiger partial charge in [-0.25, -0.2) is 9.78 Å². The molecule has 0 saturated carbocycles. The summed E-state index contributed by atoms with van der Waals surface area (Å²) in [5, 5.41) is 3.08. The molecule has 1 saturated heterocycles. The Kier molecular flexibility index (Phi) is 8.73. The van der Waals surface area contributed by atoms with Crippen molar-refractivity contribution in [1.82, 2.24) is 14.5 Å². The van der Waals surface area contributed by atoms with Gasteiger partial charge in [-0.3, -0.25) is 13.5 Å². The minimum atomic E-state index is -3.61. The number of hydrogen-bond acceptors (Lipinski definition) is 8. The lowest BCUT2D eigenvalue weighted by Crippen LogP contribution is -2.46. The molecule has 31 heavy (non-hydrogen) atoms. The Balaban J connectivity index is 1.98. The predicted molar refractivity (Wildman–Crippen MR) is 118 cm³/mol. The molecule has 10 nitrogen and oxygen atoms in total. The topological polar surface area (TPSA) is 120 Å². The van der Waals surface area contributed by atoms with Gasteiger partial charge in [-0.2, -0.15) is 8.42 Å². The molecule has 0 aliphatic carbocycles. The van der Waals surface area contributed by atoms with Gasteiger partial charge in [-0.05, 0) is 46.5 Å². The highest BCUT2D eigenvalue weighted by molar-refractivity contribution is 7.85. The van der Waals surface area contributed by atoms with E-state index in [1.54, 1.807) is 4.90 Å². The number of nitrogens with one attached hydrogen (secondary N) is 1. The number of carbonyl (C=O) groups excluding carboxylic acids is 1. The van der Waals surface area contributed by atoms with E-state index in [2.05, 4.69) is 14.5 Å². The van der Waals surface area contributed by atoms with Crippen molar-refractivity contribution in [2.45, 2.75) is 64.6 Å². The highest BCUT2D eigenvalue weighted by atomic mass is 35.5. The maximum Gasteiger partial charge on any atom is 0.410 e. The van der Waals surface area contributed by atoms with Gasteiger partial charge in [0.25, 0.3) is 15.7 Å². The van der Waals surface area contributed by atoms with Gasteiger partial charge in [0.2, 0.25) is 0 Å². The standard InChI is InChI=1S/C19H31ClN4O6S/c1-19(2,3)30-18(26)23-10-6-5-7-14(23)8-9-21-16-17(25)24(15(20)13-22-16)11-12-29-31(4,27)28/h13-14H,5-12H2,1-4H3,(H,21,22). The molecule has 1 aromatic heterocycles. The average Bonchev–Trinajstić information content (AvgIpc) is 2.64. The van der Waals surface area contributed by atoms with Gasteiger partial charge < -0.3 is 15.0 Å². The third-order valence-electron chi connectivity index (χ3n) is 4.64. The Bertz CT molecular complexity index is 928. The Morgan fingerprint density at radius 2 is 2.06 bits per heavy atom. The number of aromatic nitrogens is 2. The smallest absolute Gasteiger partial charge is 0.410 e. The van der Waals surface area contributed by atoms with E-state index in [1.165, 1.54) is 10.8 Å². The van der Waals surface area contributed by atoms with Gasteiger partial charge in [0.15, 0.2) is 5.82 Å². The molecule has 0 bridgehead atoms. The molecule has 1 aliphatic heterocycles. The Morgan fingerprint density at radius 1 is 1.35 bits per heavy atom. The fourth-order valence-corrected chi connectivity index (χ4v) is 3.88. The van der Waals surface area contributed by atoms with Crippen LogP contribution in [0.5, 0.6) is 0 Å². The quantitative estimate of drug-likeness (QED) is 0.566. The van der Waals surface area contributed by atoms with Crippen LogP contribution in [0.2, 0.25) is 5.15 Å². The lowest BCUT2D eigenvalue weighted by atomic mass is 10.00. The van der Waals surface area contributed by atoms with Gasteiger partial charge >= 0.3 is 6.09 Å². The highest BCUT2D eigenvalue weighted by Crippen LogP contribution is 2.22. The van der Waals surface area contributed by atoms with E-state index < -0.39 is 21.3 Å². The van der Waals surface area contributed by atoms with E-state index in [9.17, 15) is 18.0 Å². The van der Waals surface area contributed by atoms with Crippen molar-refractivity contribution in [1.29, 1.82) is 0 Å². The van der Waals surface area contributed by atoms with Gasteiger partial charge in [0, 0.05) is 19.1 Å². The highest BCUT2D eigenvalue weighted by Gasteiger charge is 2.30. The maximum atomic E-state index is 12.6. The number of anilines is 1. The molecule has 1 aromatic rings. The van der Waals surface area contributed by atoms with Gasteiger partial charge in [0.1, 0.15) is 10.8 Å². The summed E-state index contributed by atoms with van der Waals surface area (Å²) in [4.78, 5) is 30.9. The average molecular weight is 479 g/mol. The first-order valence-corrected chi connectivity index (χ1v) is 12.4. The number of nitrogens with zero attached hydrogens (tertiary/aromatic N) is 3. The molecule has 1 fully saturated rings. The van der Waals surface area contributed by atoms with Crippen LogP contribution in [0.1, 0.15) is 46.5 Å². The summed E-state index contributed by atoms with van der Waals surface area (Å²) in [6.07, 6.45) is 5.37. The number of carbonyl (C=O) groups is 1. The van der Waals surface area contributed by atoms with Crippen LogP contribution in [0.15, 0.2) is 11.0 Å². The third-order valence-corrected chi connectivity index (χ3v) is 5.54. The van der Waals surface area contributed by atoms with Crippen LogP contribution in [0, 0.1) is 0 Å². The summed E-state index contributed by atoms with van der Waals surface area (Å²) in [5.41, 5.74) is -1.03. The molecule has 1 amide bonds. The summed E-state index contributed by atoms with van der Waals surface area (Å²) in [7, 11) is -3.61. The van der Waals surface area contributed by atoms with Gasteiger partial charge in [-0.15, -0.1) is 0 Å². The van der Waals surface area contributed by atoms with Crippen molar-refractivity contribution in [3.05, 3.63) is 21.7 Å². The second kappa shape index (κ2) is 10.6. The van der Waals surface area contributed by atoms with Crippen molar-refractivity contribution in [3.63, 3.8) is 0 Å². The minimum Gasteiger partial charge on any atom is -0.444 e. The van der Waals surface area contributed by atoms with Crippen LogP contribution in [-0.4, -0.2) is 66.6 Å². The number of amides is 1. The van der Waals surface area contributed by atoms with E-state index in [1.807, 2.05) is 20.8 Å². The molecule has 1 aliphatic rings. The van der Waals surface area contributed by atoms with Crippen LogP contribution in [-0.2, 0) is 25.6 Å². The Labute approximate surface area is 188 Å². The number of likely N-dealkylation sites (tertiary alicyclic amines) is 1. The van der Waals surface area contributed by atoms with E-state index >= 15 is 0 Å². The van der Waals surface area contributed by atoms with Crippen molar-refractivity contribution in [3.8, 4) is 0 Å². The second-order valence-corrected chi connectivity index (χ2v) is 10.5. The zero-order valence-electron chi connectivity index (χ0n) is 18.4. The number of hydrogen-bond donors (Lipinski definition) is 1. The minimum absolute atomic E-state index is 0.00814. The van der Waals surface area contributed by atoms with Crippen LogP contribution in [0.25, 0.3) is 0 Å². The summed E-state index contributed by atoms with van der Waals surface area (Å²) < 4.78 is 33.6. The SMILES string of the molecule is CC(C)(C)OC(=O)N1CCCCC1CCNc1ncc(Cl)n(CCOS(C)(=O)=O)c1=O. The summed E-state index contributed by atoms with van der Waals surface area (Å²) in [5.74, 6) is 0.100. The number of ether oxygens (including phenoxy) is 1. The monoisotopic (exact) mass is 478 g/mol. The van der Waals surface area contributed by atoms with Crippen LogP contribution >= 0.6 is 11.6 Å². The van der Waals surface area contributed by atoms with Crippen LogP contribution in [0.4, 0.5) is 10.6 Å². The van der Waals surface area contributed by atoms with Crippen LogP contribution in [0.3, 0.4) is 0 Å². The van der Waals surface area contributed by atoms with Crippen molar-refractivity contribution >= 4 is 33.6 Å². The fraction of sp³-hybridized carbons (Fsp3) is 0.737. The fourth-order valence-electron chi connectivity index (χ4n) is 3.30. The molecule has 0 aromatic carbocycles. The summed E-state index contributed by atoms with van der Waals surface area (Å²) >= 11 is 6.02. The Hall–Kier alpha value is -1.85. The normalized spacial score (nSPS) is 17.5. The molecule has 2 heterocycles. The van der Waals surface area contributed by atoms with Crippen molar-refractivity contribution in [2.75, 3.05) is 31.3 Å².